The molecule has 2 saturated carbocycles. The van der Waals surface area contributed by atoms with E-state index in [1.54, 1.807) is 12.3 Å². The molecule has 1 N–H and O–H groups in total. The fraction of sp³-hybridized carbons (Fsp3) is 0.611. The van der Waals surface area contributed by atoms with Gasteiger partial charge in [-0.3, -0.25) is 0 Å². The van der Waals surface area contributed by atoms with Crippen molar-refractivity contribution in [2.45, 2.75) is 74.0 Å². The van der Waals surface area contributed by atoms with Crippen LogP contribution in [0.3, 0.4) is 0 Å². The van der Waals surface area contributed by atoms with Crippen LogP contribution in [0.2, 0.25) is 0 Å². The number of thiophene rings is 1. The minimum absolute atomic E-state index is 0.0580. The predicted molar refractivity (Wildman–Crippen MR) is 98.2 cm³/mol. The summed E-state index contributed by atoms with van der Waals surface area (Å²) in [6.45, 7) is 0. The van der Waals surface area contributed by atoms with E-state index < -0.39 is 10.0 Å². The summed E-state index contributed by atoms with van der Waals surface area (Å²) >= 11 is 1.25. The molecule has 0 saturated heterocycles. The van der Waals surface area contributed by atoms with Crippen LogP contribution in [0.15, 0.2) is 27.0 Å². The second-order valence-electron chi connectivity index (χ2n) is 7.12. The summed E-state index contributed by atoms with van der Waals surface area (Å²) in [5, 5.41) is 0. The number of aromatic nitrogens is 1. The van der Waals surface area contributed by atoms with Crippen LogP contribution in [0.25, 0.3) is 10.6 Å². The van der Waals surface area contributed by atoms with Crippen molar-refractivity contribution in [1.82, 2.24) is 9.71 Å². The lowest BCUT2D eigenvalue weighted by Gasteiger charge is -2.20. The van der Waals surface area contributed by atoms with Crippen LogP contribution >= 0.6 is 11.3 Å². The monoisotopic (exact) mass is 380 g/mol. The van der Waals surface area contributed by atoms with E-state index in [-0.39, 0.29) is 6.04 Å². The Bertz CT molecular complexity index is 813. The van der Waals surface area contributed by atoms with Crippen LogP contribution in [0.4, 0.5) is 0 Å². The summed E-state index contributed by atoms with van der Waals surface area (Å²) in [6.07, 6.45) is 11.7. The SMILES string of the molecule is O=S(=O)(NC1CCCCCCC1)c1ccc(-c2cnc(C3CC3)o2)s1. The Labute approximate surface area is 152 Å². The van der Waals surface area contributed by atoms with Gasteiger partial charge in [0, 0.05) is 12.0 Å². The summed E-state index contributed by atoms with van der Waals surface area (Å²) < 4.78 is 34.5. The molecule has 0 amide bonds. The van der Waals surface area contributed by atoms with Gasteiger partial charge in [0.05, 0.1) is 11.1 Å². The molecule has 0 unspecified atom stereocenters. The highest BCUT2D eigenvalue weighted by molar-refractivity contribution is 7.91. The summed E-state index contributed by atoms with van der Waals surface area (Å²) in [4.78, 5) is 5.13. The maximum Gasteiger partial charge on any atom is 0.250 e. The van der Waals surface area contributed by atoms with Crippen molar-refractivity contribution in [2.24, 2.45) is 0 Å². The number of nitrogens with one attached hydrogen (secondary N) is 1. The molecule has 25 heavy (non-hydrogen) atoms. The predicted octanol–water partition coefficient (Wildman–Crippen LogP) is 4.67. The van der Waals surface area contributed by atoms with Crippen LogP contribution in [0.1, 0.15) is 69.6 Å². The maximum absolute atomic E-state index is 12.7. The molecule has 0 bridgehead atoms. The first-order valence-corrected chi connectivity index (χ1v) is 11.5. The first kappa shape index (κ1) is 17.2. The standard InChI is InChI=1S/C18H24N2O3S2/c21-25(22,20-14-6-4-2-1-3-5-7-14)17-11-10-16(24-17)15-12-19-18(23-15)13-8-9-13/h10-14,20H,1-9H2. The fourth-order valence-corrected chi connectivity index (χ4v) is 5.94. The Kier molecular flexibility index (Phi) is 4.97. The van der Waals surface area contributed by atoms with E-state index >= 15 is 0 Å². The highest BCUT2D eigenvalue weighted by Gasteiger charge is 2.29. The van der Waals surface area contributed by atoms with Crippen LogP contribution in [-0.2, 0) is 10.0 Å². The molecule has 2 aromatic heterocycles. The lowest BCUT2D eigenvalue weighted by Crippen LogP contribution is -2.34. The average molecular weight is 381 g/mol. The second kappa shape index (κ2) is 7.21. The normalized spacial score (nSPS) is 20.3. The van der Waals surface area contributed by atoms with Crippen LogP contribution in [-0.4, -0.2) is 19.4 Å². The molecule has 5 nitrogen and oxygen atoms in total. The summed E-state index contributed by atoms with van der Waals surface area (Å²) in [5.74, 6) is 1.90. The highest BCUT2D eigenvalue weighted by atomic mass is 32.2. The first-order chi connectivity index (χ1) is 12.1. The van der Waals surface area contributed by atoms with Gasteiger partial charge >= 0.3 is 0 Å². The van der Waals surface area contributed by atoms with Crippen LogP contribution in [0, 0.1) is 0 Å². The topological polar surface area (TPSA) is 72.2 Å². The van der Waals surface area contributed by atoms with E-state index in [9.17, 15) is 8.42 Å². The summed E-state index contributed by atoms with van der Waals surface area (Å²) in [7, 11) is -3.47. The molecule has 2 fully saturated rings. The highest BCUT2D eigenvalue weighted by Crippen LogP contribution is 2.41. The summed E-state index contributed by atoms with van der Waals surface area (Å²) in [6, 6.07) is 3.54. The largest absolute Gasteiger partial charge is 0.440 e. The van der Waals surface area contributed by atoms with Crippen LogP contribution < -0.4 is 4.72 Å². The van der Waals surface area contributed by atoms with E-state index in [2.05, 4.69) is 9.71 Å². The van der Waals surface area contributed by atoms with Gasteiger partial charge in [0.1, 0.15) is 4.21 Å². The number of oxazole rings is 1. The lowest BCUT2D eigenvalue weighted by molar-refractivity contribution is 0.427. The smallest absolute Gasteiger partial charge is 0.250 e. The maximum atomic E-state index is 12.7. The Morgan fingerprint density at radius 3 is 2.48 bits per heavy atom. The third-order valence-corrected chi connectivity index (χ3v) is 8.08. The number of sulfonamides is 1. The number of rotatable bonds is 5. The molecule has 2 aliphatic carbocycles. The molecule has 0 aliphatic heterocycles. The van der Waals surface area contributed by atoms with Gasteiger partial charge in [-0.15, -0.1) is 11.3 Å². The molecular weight excluding hydrogens is 356 g/mol. The van der Waals surface area contributed by atoms with E-state index in [0.29, 0.717) is 15.9 Å². The van der Waals surface area contributed by atoms with Crippen molar-refractivity contribution in [3.63, 3.8) is 0 Å². The molecule has 2 aromatic rings. The van der Waals surface area contributed by atoms with Gasteiger partial charge in [0.25, 0.3) is 0 Å². The molecule has 0 aromatic carbocycles. The van der Waals surface area contributed by atoms with E-state index in [1.807, 2.05) is 6.07 Å². The number of nitrogens with zero attached hydrogens (tertiary/aromatic N) is 1. The van der Waals surface area contributed by atoms with E-state index in [4.69, 9.17) is 4.42 Å². The third-order valence-electron chi connectivity index (χ3n) is 4.97. The average Bonchev–Trinajstić information content (AvgIpc) is 3.09. The van der Waals surface area contributed by atoms with Crippen molar-refractivity contribution in [1.29, 1.82) is 0 Å². The molecule has 0 radical (unpaired) electrons. The molecule has 0 spiro atoms. The van der Waals surface area contributed by atoms with Gasteiger partial charge in [-0.25, -0.2) is 18.1 Å². The Morgan fingerprint density at radius 1 is 1.04 bits per heavy atom. The Balaban J connectivity index is 1.47. The van der Waals surface area contributed by atoms with Gasteiger partial charge < -0.3 is 4.42 Å². The van der Waals surface area contributed by atoms with Gasteiger partial charge in [-0.05, 0) is 37.8 Å². The van der Waals surface area contributed by atoms with Crippen molar-refractivity contribution in [3.8, 4) is 10.6 Å². The van der Waals surface area contributed by atoms with Gasteiger partial charge in [-0.2, -0.15) is 0 Å². The zero-order chi connectivity index (χ0) is 17.3. The number of hydrogen-bond acceptors (Lipinski definition) is 5. The zero-order valence-corrected chi connectivity index (χ0v) is 15.9. The third kappa shape index (κ3) is 4.15. The first-order valence-electron chi connectivity index (χ1n) is 9.20. The number of hydrogen-bond donors (Lipinski definition) is 1. The summed E-state index contributed by atoms with van der Waals surface area (Å²) in [5.41, 5.74) is 0. The van der Waals surface area contributed by atoms with Gasteiger partial charge in [-0.1, -0.05) is 32.1 Å². The van der Waals surface area contributed by atoms with Crippen molar-refractivity contribution in [2.75, 3.05) is 0 Å². The molecule has 7 heteroatoms. The van der Waals surface area contributed by atoms with Crippen LogP contribution in [0.5, 0.6) is 0 Å². The minimum Gasteiger partial charge on any atom is -0.440 e. The minimum atomic E-state index is -3.47. The van der Waals surface area contributed by atoms with E-state index in [0.717, 1.165) is 49.3 Å². The molecule has 0 atom stereocenters. The molecule has 2 aliphatic rings. The van der Waals surface area contributed by atoms with Crippen molar-refractivity contribution < 1.29 is 12.8 Å². The zero-order valence-electron chi connectivity index (χ0n) is 14.2. The quantitative estimate of drug-likeness (QED) is 0.818. The lowest BCUT2D eigenvalue weighted by atomic mass is 9.97. The molecular formula is C18H24N2O3S2. The van der Waals surface area contributed by atoms with Gasteiger partial charge in [0.2, 0.25) is 10.0 Å². The van der Waals surface area contributed by atoms with Crippen molar-refractivity contribution in [3.05, 3.63) is 24.2 Å². The van der Waals surface area contributed by atoms with Gasteiger partial charge in [0.15, 0.2) is 11.7 Å². The van der Waals surface area contributed by atoms with E-state index in [1.165, 1.54) is 30.6 Å². The molecule has 2 heterocycles. The Hall–Kier alpha value is -1.18. The second-order valence-corrected chi connectivity index (χ2v) is 10.1. The Morgan fingerprint density at radius 2 is 1.76 bits per heavy atom. The fourth-order valence-electron chi connectivity index (χ4n) is 3.37. The van der Waals surface area contributed by atoms with Crippen molar-refractivity contribution >= 4 is 21.4 Å². The molecule has 136 valence electrons. The molecule has 4 rings (SSSR count).